The van der Waals surface area contributed by atoms with Crippen molar-refractivity contribution in [1.82, 2.24) is 14.6 Å². The normalized spacial score (nSPS) is 15.3. The van der Waals surface area contributed by atoms with Crippen LogP contribution in [0.5, 0.6) is 0 Å². The molecule has 1 aromatic heterocycles. The number of carbonyl (C=O) groups excluding carboxylic acids is 1. The molecule has 1 aromatic carbocycles. The van der Waals surface area contributed by atoms with Crippen LogP contribution in [0.15, 0.2) is 47.2 Å². The molecule has 150 valence electrons. The SMILES string of the molecule is C=CCNS(=O)(=O)c1cccc(C(=O)Nc2nc(CN3CCOCC3)cs2)c1. The minimum absolute atomic E-state index is 0.0224. The number of hydrogen-bond acceptors (Lipinski definition) is 7. The van der Waals surface area contributed by atoms with E-state index in [1.165, 1.54) is 35.6 Å². The van der Waals surface area contributed by atoms with Crippen molar-refractivity contribution in [2.75, 3.05) is 38.2 Å². The number of ether oxygens (including phenoxy) is 1. The van der Waals surface area contributed by atoms with E-state index in [-0.39, 0.29) is 17.0 Å². The van der Waals surface area contributed by atoms with Gasteiger partial charge in [-0.15, -0.1) is 17.9 Å². The fourth-order valence-electron chi connectivity index (χ4n) is 2.65. The quantitative estimate of drug-likeness (QED) is 0.628. The van der Waals surface area contributed by atoms with Crippen molar-refractivity contribution in [2.24, 2.45) is 0 Å². The van der Waals surface area contributed by atoms with E-state index in [4.69, 9.17) is 4.74 Å². The zero-order valence-corrected chi connectivity index (χ0v) is 16.9. The van der Waals surface area contributed by atoms with Crippen molar-refractivity contribution in [3.05, 3.63) is 53.6 Å². The lowest BCUT2D eigenvalue weighted by atomic mass is 10.2. The third-order valence-corrected chi connectivity index (χ3v) is 6.31. The summed E-state index contributed by atoms with van der Waals surface area (Å²) in [7, 11) is -3.69. The van der Waals surface area contributed by atoms with Crippen molar-refractivity contribution < 1.29 is 17.9 Å². The Balaban J connectivity index is 1.65. The Labute approximate surface area is 168 Å². The van der Waals surface area contributed by atoms with E-state index in [1.54, 1.807) is 6.07 Å². The number of amides is 1. The molecule has 1 fully saturated rings. The summed E-state index contributed by atoms with van der Waals surface area (Å²) in [6.45, 7) is 7.46. The highest BCUT2D eigenvalue weighted by molar-refractivity contribution is 7.89. The standard InChI is InChI=1S/C18H22N4O4S2/c1-2-6-19-28(24,25)16-5-3-4-14(11-16)17(23)21-18-20-15(13-27-18)12-22-7-9-26-10-8-22/h2-5,11,13,19H,1,6-10,12H2,(H,20,21,23). The smallest absolute Gasteiger partial charge is 0.257 e. The highest BCUT2D eigenvalue weighted by Crippen LogP contribution is 2.19. The van der Waals surface area contributed by atoms with Gasteiger partial charge in [0.1, 0.15) is 0 Å². The van der Waals surface area contributed by atoms with Crippen molar-refractivity contribution in [1.29, 1.82) is 0 Å². The number of hydrogen-bond donors (Lipinski definition) is 2. The summed E-state index contributed by atoms with van der Waals surface area (Å²) >= 11 is 1.34. The van der Waals surface area contributed by atoms with E-state index in [2.05, 4.69) is 26.5 Å². The first-order chi connectivity index (χ1) is 13.5. The predicted octanol–water partition coefficient (Wildman–Crippen LogP) is 1.69. The Kier molecular flexibility index (Phi) is 6.92. The maximum atomic E-state index is 12.5. The zero-order valence-electron chi connectivity index (χ0n) is 15.3. The van der Waals surface area contributed by atoms with Crippen LogP contribution in [0.25, 0.3) is 0 Å². The molecule has 8 nitrogen and oxygen atoms in total. The van der Waals surface area contributed by atoms with E-state index in [0.717, 1.165) is 18.8 Å². The summed E-state index contributed by atoms with van der Waals surface area (Å²) < 4.78 is 32.1. The number of aromatic nitrogens is 1. The first-order valence-corrected chi connectivity index (χ1v) is 11.1. The molecule has 0 aliphatic carbocycles. The van der Waals surface area contributed by atoms with Crippen LogP contribution in [-0.4, -0.2) is 57.1 Å². The largest absolute Gasteiger partial charge is 0.379 e. The molecule has 2 aromatic rings. The average Bonchev–Trinajstić information content (AvgIpc) is 3.14. The van der Waals surface area contributed by atoms with Gasteiger partial charge in [-0.3, -0.25) is 15.0 Å². The van der Waals surface area contributed by atoms with Crippen LogP contribution in [0.3, 0.4) is 0 Å². The molecule has 0 saturated carbocycles. The van der Waals surface area contributed by atoms with Crippen LogP contribution < -0.4 is 10.0 Å². The van der Waals surface area contributed by atoms with E-state index in [9.17, 15) is 13.2 Å². The molecule has 1 aliphatic rings. The summed E-state index contributed by atoms with van der Waals surface area (Å²) in [4.78, 5) is 19.2. The van der Waals surface area contributed by atoms with Crippen molar-refractivity contribution >= 4 is 32.4 Å². The minimum atomic E-state index is -3.69. The third kappa shape index (κ3) is 5.46. The number of benzene rings is 1. The number of morpholine rings is 1. The Morgan fingerprint density at radius 1 is 1.36 bits per heavy atom. The van der Waals surface area contributed by atoms with E-state index in [1.807, 2.05) is 5.38 Å². The van der Waals surface area contributed by atoms with Gasteiger partial charge < -0.3 is 4.74 Å². The molecule has 3 rings (SSSR count). The average molecular weight is 423 g/mol. The summed E-state index contributed by atoms with van der Waals surface area (Å²) in [6.07, 6.45) is 1.45. The number of thiazole rings is 1. The molecule has 0 unspecified atom stereocenters. The van der Waals surface area contributed by atoms with Crippen LogP contribution >= 0.6 is 11.3 Å². The molecule has 0 radical (unpaired) electrons. The number of nitrogens with zero attached hydrogens (tertiary/aromatic N) is 2. The van der Waals surface area contributed by atoms with Crippen molar-refractivity contribution in [2.45, 2.75) is 11.4 Å². The summed E-state index contributed by atoms with van der Waals surface area (Å²) in [5.41, 5.74) is 1.12. The van der Waals surface area contributed by atoms with Crippen LogP contribution in [0.1, 0.15) is 16.1 Å². The number of nitrogens with one attached hydrogen (secondary N) is 2. The van der Waals surface area contributed by atoms with Gasteiger partial charge in [0, 0.05) is 37.1 Å². The fourth-order valence-corrected chi connectivity index (χ4v) is 4.39. The summed E-state index contributed by atoms with van der Waals surface area (Å²) in [5.74, 6) is -0.409. The minimum Gasteiger partial charge on any atom is -0.379 e. The molecular formula is C18H22N4O4S2. The third-order valence-electron chi connectivity index (χ3n) is 4.09. The van der Waals surface area contributed by atoms with Crippen LogP contribution in [-0.2, 0) is 21.3 Å². The van der Waals surface area contributed by atoms with Gasteiger partial charge in [-0.05, 0) is 18.2 Å². The second-order valence-corrected chi connectivity index (χ2v) is 8.78. The number of rotatable bonds is 8. The predicted molar refractivity (Wildman–Crippen MR) is 108 cm³/mol. The second-order valence-electron chi connectivity index (χ2n) is 6.16. The molecule has 0 spiro atoms. The maximum absolute atomic E-state index is 12.5. The molecule has 2 heterocycles. The topological polar surface area (TPSA) is 101 Å². The summed E-state index contributed by atoms with van der Waals surface area (Å²) in [6, 6.07) is 5.86. The van der Waals surface area contributed by atoms with Gasteiger partial charge in [0.15, 0.2) is 5.13 Å². The van der Waals surface area contributed by atoms with Gasteiger partial charge in [-0.25, -0.2) is 18.1 Å². The molecular weight excluding hydrogens is 400 g/mol. The Morgan fingerprint density at radius 3 is 2.89 bits per heavy atom. The van der Waals surface area contributed by atoms with E-state index in [0.29, 0.717) is 24.9 Å². The van der Waals surface area contributed by atoms with Gasteiger partial charge in [-0.1, -0.05) is 12.1 Å². The lowest BCUT2D eigenvalue weighted by Crippen LogP contribution is -2.35. The van der Waals surface area contributed by atoms with Gasteiger partial charge in [-0.2, -0.15) is 0 Å². The van der Waals surface area contributed by atoms with Crippen LogP contribution in [0.4, 0.5) is 5.13 Å². The molecule has 1 saturated heterocycles. The maximum Gasteiger partial charge on any atom is 0.257 e. The second kappa shape index (κ2) is 9.39. The molecule has 0 atom stereocenters. The molecule has 28 heavy (non-hydrogen) atoms. The molecule has 10 heteroatoms. The first-order valence-electron chi connectivity index (χ1n) is 8.74. The Morgan fingerprint density at radius 2 is 2.14 bits per heavy atom. The van der Waals surface area contributed by atoms with E-state index < -0.39 is 15.9 Å². The lowest BCUT2D eigenvalue weighted by Gasteiger charge is -2.25. The highest BCUT2D eigenvalue weighted by Gasteiger charge is 2.17. The van der Waals surface area contributed by atoms with Crippen molar-refractivity contribution in [3.63, 3.8) is 0 Å². The summed E-state index contributed by atoms with van der Waals surface area (Å²) in [5, 5.41) is 5.12. The Bertz CT molecular complexity index is 937. The van der Waals surface area contributed by atoms with E-state index >= 15 is 0 Å². The first kappa shape index (κ1) is 20.6. The Hall–Kier alpha value is -2.11. The number of sulfonamides is 1. The molecule has 1 aliphatic heterocycles. The van der Waals surface area contributed by atoms with Crippen molar-refractivity contribution in [3.8, 4) is 0 Å². The van der Waals surface area contributed by atoms with Gasteiger partial charge in [0.25, 0.3) is 5.91 Å². The van der Waals surface area contributed by atoms with Gasteiger partial charge in [0.05, 0.1) is 23.8 Å². The zero-order chi connectivity index (χ0) is 20.0. The lowest BCUT2D eigenvalue weighted by molar-refractivity contribution is 0.0337. The van der Waals surface area contributed by atoms with Crippen LogP contribution in [0.2, 0.25) is 0 Å². The van der Waals surface area contributed by atoms with Gasteiger partial charge in [0.2, 0.25) is 10.0 Å². The van der Waals surface area contributed by atoms with Crippen LogP contribution in [0, 0.1) is 0 Å². The number of carbonyl (C=O) groups is 1. The molecule has 0 bridgehead atoms. The fraction of sp³-hybridized carbons (Fsp3) is 0.333. The molecule has 1 amide bonds. The highest BCUT2D eigenvalue weighted by atomic mass is 32.2. The number of anilines is 1. The monoisotopic (exact) mass is 422 g/mol. The van der Waals surface area contributed by atoms with Gasteiger partial charge >= 0.3 is 0 Å². The molecule has 2 N–H and O–H groups in total.